The van der Waals surface area contributed by atoms with Gasteiger partial charge in [-0.25, -0.2) is 4.98 Å². The van der Waals surface area contributed by atoms with Crippen LogP contribution in [0.25, 0.3) is 60.8 Å². The Labute approximate surface area is 298 Å². The van der Waals surface area contributed by atoms with E-state index in [2.05, 4.69) is 121 Å². The van der Waals surface area contributed by atoms with E-state index in [0.717, 1.165) is 39.0 Å². The monoisotopic (exact) mass is 816 g/mol. The average Bonchev–Trinajstić information content (AvgIpc) is 3.85. The summed E-state index contributed by atoms with van der Waals surface area (Å²) in [5, 5.41) is 9.16. The van der Waals surface area contributed by atoms with Gasteiger partial charge >= 0.3 is 21.1 Å². The summed E-state index contributed by atoms with van der Waals surface area (Å²) < 4.78 is 12.7. The zero-order chi connectivity index (χ0) is 32.5. The van der Waals surface area contributed by atoms with Crippen molar-refractivity contribution in [2.24, 2.45) is 0 Å². The van der Waals surface area contributed by atoms with Crippen molar-refractivity contribution in [1.82, 2.24) is 23.9 Å². The molecule has 7 heteroatoms. The third-order valence-corrected chi connectivity index (χ3v) is 9.37. The van der Waals surface area contributed by atoms with Gasteiger partial charge in [-0.05, 0) is 79.2 Å². The van der Waals surface area contributed by atoms with Crippen LogP contribution in [-0.4, -0.2) is 23.9 Å². The molecule has 0 unspecified atom stereocenters. The molecule has 5 aromatic carbocycles. The number of fused-ring (bicyclic) bond motifs is 6. The Morgan fingerprint density at radius 1 is 0.612 bits per heavy atom. The molecule has 4 aromatic heterocycles. The number of pyridine rings is 1. The maximum absolute atomic E-state index is 6.35. The van der Waals surface area contributed by atoms with Crippen LogP contribution in [0.5, 0.6) is 11.5 Å². The standard InChI is InChI=1S/C42H31N5O.Pt/c1-26-13-15-28(3)41-39(26)40-27(2)14-16-29(4)42(40)46(41)31-19-21-43-38(24-31)47-36-12-6-5-11-34(36)35-18-17-33(25-37(35)47)48-32-10-7-9-30(23-32)45-22-8-20-44-45;/h5-22,24H,1-4H3;/q-2;+2. The molecule has 9 rings (SSSR count). The zero-order valence-corrected chi connectivity index (χ0v) is 29.7. The van der Waals surface area contributed by atoms with E-state index in [1.54, 1.807) is 10.9 Å². The van der Waals surface area contributed by atoms with E-state index in [-0.39, 0.29) is 21.1 Å². The molecule has 0 saturated carbocycles. The van der Waals surface area contributed by atoms with Crippen LogP contribution in [0.3, 0.4) is 0 Å². The van der Waals surface area contributed by atoms with Gasteiger partial charge in [-0.1, -0.05) is 48.0 Å². The van der Waals surface area contributed by atoms with E-state index in [4.69, 9.17) is 9.72 Å². The number of ether oxygens (including phenoxy) is 1. The van der Waals surface area contributed by atoms with Crippen LogP contribution < -0.4 is 4.74 Å². The summed E-state index contributed by atoms with van der Waals surface area (Å²) in [6.45, 7) is 8.83. The quantitative estimate of drug-likeness (QED) is 0.163. The minimum absolute atomic E-state index is 0. The molecule has 49 heavy (non-hydrogen) atoms. The van der Waals surface area contributed by atoms with Crippen molar-refractivity contribution < 1.29 is 25.8 Å². The number of nitrogens with zero attached hydrogens (tertiary/aromatic N) is 5. The number of benzene rings is 5. The third kappa shape index (κ3) is 4.89. The third-order valence-electron chi connectivity index (χ3n) is 9.37. The molecule has 0 atom stereocenters. The fraction of sp³-hybridized carbons (Fsp3) is 0.0952. The van der Waals surface area contributed by atoms with Crippen LogP contribution >= 0.6 is 0 Å². The molecule has 0 bridgehead atoms. The Morgan fingerprint density at radius 3 is 2.06 bits per heavy atom. The number of aromatic nitrogens is 5. The normalized spacial score (nSPS) is 11.5. The first-order valence-electron chi connectivity index (χ1n) is 16.1. The van der Waals surface area contributed by atoms with Crippen LogP contribution in [0, 0.1) is 39.8 Å². The van der Waals surface area contributed by atoms with Gasteiger partial charge in [0.1, 0.15) is 5.82 Å². The smallest absolute Gasteiger partial charge is 0.509 e. The Kier molecular flexibility index (Phi) is 7.50. The topological polar surface area (TPSA) is 49.8 Å². The van der Waals surface area contributed by atoms with Gasteiger partial charge in [0.05, 0.1) is 16.7 Å². The summed E-state index contributed by atoms with van der Waals surface area (Å²) in [4.78, 5) is 4.96. The average molecular weight is 817 g/mol. The first-order valence-corrected chi connectivity index (χ1v) is 16.1. The molecule has 0 aliphatic heterocycles. The molecule has 4 heterocycles. The molecule has 0 N–H and O–H groups in total. The van der Waals surface area contributed by atoms with Gasteiger partial charge in [-0.15, -0.1) is 35.7 Å². The number of hydrogen-bond donors (Lipinski definition) is 0. The molecule has 0 saturated heterocycles. The van der Waals surface area contributed by atoms with E-state index in [1.165, 1.54) is 44.1 Å². The second-order valence-electron chi connectivity index (χ2n) is 12.4. The van der Waals surface area contributed by atoms with Crippen LogP contribution in [0.1, 0.15) is 22.3 Å². The molecule has 0 radical (unpaired) electrons. The van der Waals surface area contributed by atoms with Crippen LogP contribution in [-0.2, 0) is 21.1 Å². The molecule has 0 aliphatic carbocycles. The van der Waals surface area contributed by atoms with Gasteiger partial charge in [-0.3, -0.25) is 4.68 Å². The molecular weight excluding hydrogens is 786 g/mol. The summed E-state index contributed by atoms with van der Waals surface area (Å²) >= 11 is 0. The van der Waals surface area contributed by atoms with Crippen molar-refractivity contribution in [3.05, 3.63) is 150 Å². The Bertz CT molecular complexity index is 2640. The van der Waals surface area contributed by atoms with Gasteiger partial charge in [0, 0.05) is 52.4 Å². The van der Waals surface area contributed by atoms with Crippen molar-refractivity contribution in [2.45, 2.75) is 27.7 Å². The van der Waals surface area contributed by atoms with Crippen molar-refractivity contribution >= 4 is 43.6 Å². The summed E-state index contributed by atoms with van der Waals surface area (Å²) in [7, 11) is 0. The number of aryl methyl sites for hydroxylation is 4. The van der Waals surface area contributed by atoms with Gasteiger partial charge in [0.2, 0.25) is 0 Å². The van der Waals surface area contributed by atoms with Crippen molar-refractivity contribution in [3.63, 3.8) is 0 Å². The molecule has 240 valence electrons. The summed E-state index contributed by atoms with van der Waals surface area (Å²) in [6, 6.07) is 40.3. The molecule has 0 amide bonds. The summed E-state index contributed by atoms with van der Waals surface area (Å²) in [6.07, 6.45) is 5.55. The second kappa shape index (κ2) is 11.9. The van der Waals surface area contributed by atoms with Crippen LogP contribution in [0.2, 0.25) is 0 Å². The van der Waals surface area contributed by atoms with E-state index in [0.29, 0.717) is 11.5 Å². The maximum Gasteiger partial charge on any atom is 2.00 e. The summed E-state index contributed by atoms with van der Waals surface area (Å²) in [5.74, 6) is 1.99. The molecular formula is C42H31N5OPt. The Hall–Kier alpha value is -5.45. The van der Waals surface area contributed by atoms with Gasteiger partial charge < -0.3 is 13.9 Å². The predicted octanol–water partition coefficient (Wildman–Crippen LogP) is 10.1. The van der Waals surface area contributed by atoms with E-state index < -0.39 is 0 Å². The fourth-order valence-corrected chi connectivity index (χ4v) is 7.17. The number of rotatable bonds is 5. The SMILES string of the molecule is Cc1ccc(C)c2c1c1c(C)ccc(C)c1n2-c1ccnc(-n2c3[c-]c(Oc4[c-]c(-n5cccn5)ccc4)ccc3c3ccccc32)c1.[Pt+2]. The van der Waals surface area contributed by atoms with Crippen LogP contribution in [0.15, 0.2) is 116 Å². The van der Waals surface area contributed by atoms with Crippen molar-refractivity contribution in [2.75, 3.05) is 0 Å². The molecule has 0 fully saturated rings. The predicted molar refractivity (Wildman–Crippen MR) is 193 cm³/mol. The van der Waals surface area contributed by atoms with E-state index in [9.17, 15) is 0 Å². The molecule has 0 aliphatic rings. The summed E-state index contributed by atoms with van der Waals surface area (Å²) in [5.41, 5.74) is 11.3. The maximum atomic E-state index is 6.35. The first-order chi connectivity index (χ1) is 23.5. The Morgan fingerprint density at radius 2 is 1.33 bits per heavy atom. The van der Waals surface area contributed by atoms with Gasteiger partial charge in [0.25, 0.3) is 0 Å². The van der Waals surface area contributed by atoms with Gasteiger partial charge in [0.15, 0.2) is 0 Å². The molecule has 9 aromatic rings. The van der Waals surface area contributed by atoms with Gasteiger partial charge in [-0.2, -0.15) is 17.2 Å². The molecule has 0 spiro atoms. The minimum atomic E-state index is 0. The first kappa shape index (κ1) is 30.9. The number of para-hydroxylation sites is 1. The molecule has 6 nitrogen and oxygen atoms in total. The van der Waals surface area contributed by atoms with E-state index in [1.807, 2.05) is 42.7 Å². The van der Waals surface area contributed by atoms with Crippen molar-refractivity contribution in [3.8, 4) is 28.7 Å². The zero-order valence-electron chi connectivity index (χ0n) is 27.4. The number of hydrogen-bond acceptors (Lipinski definition) is 3. The minimum Gasteiger partial charge on any atom is -0.509 e. The second-order valence-corrected chi connectivity index (χ2v) is 12.4. The van der Waals surface area contributed by atoms with Crippen LogP contribution in [0.4, 0.5) is 0 Å². The van der Waals surface area contributed by atoms with E-state index >= 15 is 0 Å². The Balaban J connectivity index is 0.00000348. The largest absolute Gasteiger partial charge is 2.00 e. The van der Waals surface area contributed by atoms with Crippen molar-refractivity contribution in [1.29, 1.82) is 0 Å². The fourth-order valence-electron chi connectivity index (χ4n) is 7.17.